The van der Waals surface area contributed by atoms with Gasteiger partial charge in [-0.05, 0) is 31.5 Å². The van der Waals surface area contributed by atoms with E-state index in [-0.39, 0.29) is 11.8 Å². The smallest absolute Gasteiger partial charge is 0.248 e. The molecule has 4 heteroatoms. The van der Waals surface area contributed by atoms with Gasteiger partial charge in [0, 0.05) is 23.9 Å². The molecule has 0 aliphatic rings. The number of allylic oxidation sites excluding steroid dienone is 3. The first-order valence-corrected chi connectivity index (χ1v) is 6.58. The van der Waals surface area contributed by atoms with E-state index in [2.05, 4.69) is 10.6 Å². The highest BCUT2D eigenvalue weighted by Crippen LogP contribution is 2.23. The third-order valence-electron chi connectivity index (χ3n) is 2.74. The van der Waals surface area contributed by atoms with Crippen LogP contribution in [0.1, 0.15) is 25.8 Å². The van der Waals surface area contributed by atoms with Crippen LogP contribution in [0.5, 0.6) is 0 Å². The Hall–Kier alpha value is -2.36. The average molecular weight is 272 g/mol. The van der Waals surface area contributed by atoms with E-state index in [0.717, 1.165) is 5.56 Å². The van der Waals surface area contributed by atoms with Crippen molar-refractivity contribution in [3.63, 3.8) is 0 Å². The molecule has 1 aromatic carbocycles. The normalized spacial score (nSPS) is 10.9. The molecule has 2 amide bonds. The first-order valence-electron chi connectivity index (χ1n) is 6.58. The molecule has 2 N–H and O–H groups in total. The van der Waals surface area contributed by atoms with Gasteiger partial charge < -0.3 is 10.6 Å². The van der Waals surface area contributed by atoms with Gasteiger partial charge in [-0.25, -0.2) is 0 Å². The molecule has 0 aromatic heterocycles. The lowest BCUT2D eigenvalue weighted by atomic mass is 10.1. The lowest BCUT2D eigenvalue weighted by Gasteiger charge is -2.12. The molecule has 0 aliphatic carbocycles. The molecule has 0 saturated heterocycles. The molecule has 0 saturated carbocycles. The number of amides is 2. The van der Waals surface area contributed by atoms with Crippen molar-refractivity contribution < 1.29 is 9.59 Å². The van der Waals surface area contributed by atoms with Gasteiger partial charge in [0.25, 0.3) is 0 Å². The van der Waals surface area contributed by atoms with E-state index >= 15 is 0 Å². The van der Waals surface area contributed by atoms with Gasteiger partial charge in [0.2, 0.25) is 11.8 Å². The molecule has 0 unspecified atom stereocenters. The van der Waals surface area contributed by atoms with E-state index in [0.29, 0.717) is 17.8 Å². The van der Waals surface area contributed by atoms with Crippen LogP contribution in [-0.2, 0) is 9.59 Å². The molecule has 20 heavy (non-hydrogen) atoms. The maximum atomic E-state index is 11.7. The van der Waals surface area contributed by atoms with Gasteiger partial charge in [-0.3, -0.25) is 9.59 Å². The van der Waals surface area contributed by atoms with Gasteiger partial charge in [-0.2, -0.15) is 0 Å². The van der Waals surface area contributed by atoms with Crippen molar-refractivity contribution in [2.45, 2.75) is 27.2 Å². The summed E-state index contributed by atoms with van der Waals surface area (Å²) in [7, 11) is 0. The fourth-order valence-corrected chi connectivity index (χ4v) is 1.57. The summed E-state index contributed by atoms with van der Waals surface area (Å²) in [6.45, 7) is 5.53. The van der Waals surface area contributed by atoms with E-state index in [9.17, 15) is 9.59 Å². The second-order valence-electron chi connectivity index (χ2n) is 4.25. The van der Waals surface area contributed by atoms with Gasteiger partial charge >= 0.3 is 0 Å². The number of anilines is 2. The Morgan fingerprint density at radius 1 is 1.15 bits per heavy atom. The predicted octanol–water partition coefficient (Wildman–Crippen LogP) is 3.41. The van der Waals surface area contributed by atoms with Crippen molar-refractivity contribution in [1.29, 1.82) is 0 Å². The van der Waals surface area contributed by atoms with E-state index in [1.54, 1.807) is 31.2 Å². The van der Waals surface area contributed by atoms with Crippen LogP contribution in [-0.4, -0.2) is 11.8 Å². The predicted molar refractivity (Wildman–Crippen MR) is 82.7 cm³/mol. The van der Waals surface area contributed by atoms with E-state index < -0.39 is 0 Å². The summed E-state index contributed by atoms with van der Waals surface area (Å²) in [5, 5.41) is 5.60. The molecular weight excluding hydrogens is 252 g/mol. The minimum atomic E-state index is -0.204. The number of nitrogens with one attached hydrogen (secondary N) is 2. The van der Waals surface area contributed by atoms with E-state index in [4.69, 9.17) is 0 Å². The zero-order chi connectivity index (χ0) is 15.0. The average Bonchev–Trinajstić information content (AvgIpc) is 2.43. The van der Waals surface area contributed by atoms with Crippen LogP contribution in [0.3, 0.4) is 0 Å². The van der Waals surface area contributed by atoms with Crippen molar-refractivity contribution in [1.82, 2.24) is 0 Å². The molecule has 106 valence electrons. The van der Waals surface area contributed by atoms with Gasteiger partial charge in [-0.15, -0.1) is 0 Å². The monoisotopic (exact) mass is 272 g/mol. The first-order chi connectivity index (χ1) is 9.58. The highest BCUT2D eigenvalue weighted by molar-refractivity contribution is 6.01. The second-order valence-corrected chi connectivity index (χ2v) is 4.25. The van der Waals surface area contributed by atoms with E-state index in [1.807, 2.05) is 26.0 Å². The third-order valence-corrected chi connectivity index (χ3v) is 2.74. The second kappa shape index (κ2) is 7.94. The van der Waals surface area contributed by atoms with Crippen molar-refractivity contribution in [2.75, 3.05) is 10.6 Å². The fourth-order valence-electron chi connectivity index (χ4n) is 1.57. The molecule has 0 aliphatic heterocycles. The zero-order valence-corrected chi connectivity index (χ0v) is 12.1. The molecule has 0 bridgehead atoms. The van der Waals surface area contributed by atoms with Crippen LogP contribution >= 0.6 is 0 Å². The van der Waals surface area contributed by atoms with Crippen LogP contribution in [0.25, 0.3) is 0 Å². The Kier molecular flexibility index (Phi) is 6.23. The lowest BCUT2D eigenvalue weighted by molar-refractivity contribution is -0.116. The van der Waals surface area contributed by atoms with Gasteiger partial charge in [0.05, 0.1) is 0 Å². The SMILES string of the molecule is C/C=C/C=C/C(=O)Nc1cccc(NC(=O)CC)c1C. The third kappa shape index (κ3) is 4.72. The van der Waals surface area contributed by atoms with E-state index in [1.165, 1.54) is 6.08 Å². The number of hydrogen-bond acceptors (Lipinski definition) is 2. The Morgan fingerprint density at radius 3 is 2.40 bits per heavy atom. The topological polar surface area (TPSA) is 58.2 Å². The molecule has 0 radical (unpaired) electrons. The van der Waals surface area contributed by atoms with Gasteiger partial charge in [-0.1, -0.05) is 31.2 Å². The van der Waals surface area contributed by atoms with Crippen LogP contribution in [0.2, 0.25) is 0 Å². The minimum Gasteiger partial charge on any atom is -0.326 e. The number of carbonyl (C=O) groups excluding carboxylic acids is 2. The number of carbonyl (C=O) groups is 2. The quantitative estimate of drug-likeness (QED) is 0.637. The van der Waals surface area contributed by atoms with Crippen molar-refractivity contribution in [2.24, 2.45) is 0 Å². The van der Waals surface area contributed by atoms with Gasteiger partial charge in [0.15, 0.2) is 0 Å². The standard InChI is InChI=1S/C16H20N2O2/c1-4-6-7-11-16(20)18-14-10-8-9-13(12(14)3)17-15(19)5-2/h4,6-11H,5H2,1-3H3,(H,17,19)(H,18,20)/b6-4+,11-7+. The summed E-state index contributed by atoms with van der Waals surface area (Å²) in [6, 6.07) is 5.41. The molecule has 0 heterocycles. The van der Waals surface area contributed by atoms with Crippen LogP contribution in [0.4, 0.5) is 11.4 Å². The van der Waals surface area contributed by atoms with Crippen molar-refractivity contribution in [3.8, 4) is 0 Å². The Labute approximate surface area is 119 Å². The molecule has 1 rings (SSSR count). The summed E-state index contributed by atoms with van der Waals surface area (Å²) in [4.78, 5) is 23.1. The Balaban J connectivity index is 2.83. The number of hydrogen-bond donors (Lipinski definition) is 2. The minimum absolute atomic E-state index is 0.0513. The fraction of sp³-hybridized carbons (Fsp3) is 0.250. The molecule has 4 nitrogen and oxygen atoms in total. The molecule has 0 fully saturated rings. The summed E-state index contributed by atoms with van der Waals surface area (Å²) >= 11 is 0. The summed E-state index contributed by atoms with van der Waals surface area (Å²) in [6.07, 6.45) is 7.17. The highest BCUT2D eigenvalue weighted by Gasteiger charge is 2.07. The number of benzene rings is 1. The van der Waals surface area contributed by atoms with Crippen molar-refractivity contribution in [3.05, 3.63) is 48.1 Å². The maximum Gasteiger partial charge on any atom is 0.248 e. The first kappa shape index (κ1) is 15.7. The van der Waals surface area contributed by atoms with Gasteiger partial charge in [0.1, 0.15) is 0 Å². The van der Waals surface area contributed by atoms with Crippen molar-refractivity contribution >= 4 is 23.2 Å². The Morgan fingerprint density at radius 2 is 1.80 bits per heavy atom. The van der Waals surface area contributed by atoms with Crippen LogP contribution in [0.15, 0.2) is 42.5 Å². The van der Waals surface area contributed by atoms with Crippen LogP contribution in [0, 0.1) is 6.92 Å². The molecule has 1 aromatic rings. The lowest BCUT2D eigenvalue weighted by Crippen LogP contribution is -2.13. The Bertz CT molecular complexity index is 545. The largest absolute Gasteiger partial charge is 0.326 e. The number of rotatable bonds is 5. The maximum absolute atomic E-state index is 11.7. The molecule has 0 spiro atoms. The zero-order valence-electron chi connectivity index (χ0n) is 12.1. The highest BCUT2D eigenvalue weighted by atomic mass is 16.2. The summed E-state index contributed by atoms with van der Waals surface area (Å²) in [5.41, 5.74) is 2.24. The molecule has 0 atom stereocenters. The molecular formula is C16H20N2O2. The summed E-state index contributed by atoms with van der Waals surface area (Å²) < 4.78 is 0. The summed E-state index contributed by atoms with van der Waals surface area (Å²) in [5.74, 6) is -0.255. The van der Waals surface area contributed by atoms with Crippen LogP contribution < -0.4 is 10.6 Å².